The molecule has 156 valence electrons. The summed E-state index contributed by atoms with van der Waals surface area (Å²) in [6.45, 7) is 2.34. The minimum absolute atomic E-state index is 0.252. The Labute approximate surface area is 186 Å². The molecule has 5 aromatic carbocycles. The van der Waals surface area contributed by atoms with Crippen LogP contribution in [0.2, 0.25) is 0 Å². The van der Waals surface area contributed by atoms with E-state index in [4.69, 9.17) is 0 Å². The molecule has 0 saturated carbocycles. The summed E-state index contributed by atoms with van der Waals surface area (Å²) in [6, 6.07) is 31.3. The fraction of sp³-hybridized carbons (Fsp3) is 0.103. The first kappa shape index (κ1) is 20.0. The van der Waals surface area contributed by atoms with E-state index in [1.54, 1.807) is 0 Å². The molecule has 0 aliphatic rings. The number of carbonyl (C=O) groups is 2. The summed E-state index contributed by atoms with van der Waals surface area (Å²) in [7, 11) is 0. The lowest BCUT2D eigenvalue weighted by atomic mass is 9.95. The molecule has 3 nitrogen and oxygen atoms in total. The zero-order valence-corrected chi connectivity index (χ0v) is 17.9. The zero-order valence-electron chi connectivity index (χ0n) is 17.9. The van der Waals surface area contributed by atoms with Crippen LogP contribution < -0.4 is 0 Å². The third-order valence-corrected chi connectivity index (χ3v) is 5.94. The van der Waals surface area contributed by atoms with Gasteiger partial charge in [0.15, 0.2) is 0 Å². The van der Waals surface area contributed by atoms with Crippen LogP contribution in [-0.4, -0.2) is 23.3 Å². The highest BCUT2D eigenvalue weighted by Crippen LogP contribution is 2.30. The number of nitrogens with zero attached hydrogens (tertiary/aromatic N) is 1. The van der Waals surface area contributed by atoms with Crippen LogP contribution in [0.4, 0.5) is 0 Å². The second kappa shape index (κ2) is 8.27. The summed E-state index contributed by atoms with van der Waals surface area (Å²) >= 11 is 0. The third kappa shape index (κ3) is 3.32. The highest BCUT2D eigenvalue weighted by molar-refractivity contribution is 6.23. The average molecular weight is 418 g/mol. The Morgan fingerprint density at radius 2 is 1.16 bits per heavy atom. The van der Waals surface area contributed by atoms with Crippen molar-refractivity contribution in [2.45, 2.75) is 13.3 Å². The van der Waals surface area contributed by atoms with Crippen molar-refractivity contribution in [3.05, 3.63) is 108 Å². The molecule has 0 unspecified atom stereocenters. The Hall–Kier alpha value is -3.98. The van der Waals surface area contributed by atoms with E-state index in [-0.39, 0.29) is 11.8 Å². The molecule has 32 heavy (non-hydrogen) atoms. The number of benzene rings is 5. The first-order valence-electron chi connectivity index (χ1n) is 10.9. The molecule has 0 spiro atoms. The summed E-state index contributed by atoms with van der Waals surface area (Å²) in [5.41, 5.74) is 1.13. The lowest BCUT2D eigenvalue weighted by molar-refractivity contribution is 0.0620. The summed E-state index contributed by atoms with van der Waals surface area (Å²) in [5, 5.41) is 5.55. The topological polar surface area (TPSA) is 37.4 Å². The molecular formula is C29H23NO2. The lowest BCUT2D eigenvalue weighted by Gasteiger charge is -2.23. The Kier molecular flexibility index (Phi) is 5.16. The number of carbonyl (C=O) groups excluding carboxylic acids is 2. The fourth-order valence-corrected chi connectivity index (χ4v) is 4.46. The smallest absolute Gasteiger partial charge is 0.261 e. The minimum Gasteiger partial charge on any atom is -0.274 e. The number of rotatable bonds is 4. The SMILES string of the molecule is CCCN(C(=O)c1cccc2ccccc12)C(=O)c1c2ccccc2cc2ccccc12. The maximum atomic E-state index is 14.0. The van der Waals surface area contributed by atoms with Crippen molar-refractivity contribution in [3.8, 4) is 0 Å². The van der Waals surface area contributed by atoms with Gasteiger partial charge in [-0.2, -0.15) is 0 Å². The van der Waals surface area contributed by atoms with Crippen LogP contribution >= 0.6 is 0 Å². The Morgan fingerprint density at radius 1 is 0.625 bits per heavy atom. The molecule has 5 rings (SSSR count). The van der Waals surface area contributed by atoms with Crippen molar-refractivity contribution < 1.29 is 9.59 Å². The van der Waals surface area contributed by atoms with Crippen molar-refractivity contribution in [2.75, 3.05) is 6.54 Å². The Bertz CT molecular complexity index is 1430. The number of hydrogen-bond donors (Lipinski definition) is 0. The van der Waals surface area contributed by atoms with Gasteiger partial charge in [0, 0.05) is 12.1 Å². The standard InChI is InChI=1S/C29H23NO2/c1-2-18-30(28(31)26-17-9-13-20-10-3-6-14-23(20)26)29(32)27-24-15-7-4-11-21(24)19-22-12-5-8-16-25(22)27/h3-17,19H,2,18H2,1H3. The molecule has 0 bridgehead atoms. The number of imide groups is 1. The fourth-order valence-electron chi connectivity index (χ4n) is 4.46. The van der Waals surface area contributed by atoms with Crippen LogP contribution in [0.3, 0.4) is 0 Å². The maximum Gasteiger partial charge on any atom is 0.261 e. The van der Waals surface area contributed by atoms with E-state index in [1.807, 2.05) is 97.9 Å². The average Bonchev–Trinajstić information content (AvgIpc) is 2.84. The molecule has 5 aromatic rings. The second-order valence-electron chi connectivity index (χ2n) is 7.98. The van der Waals surface area contributed by atoms with Crippen LogP contribution in [-0.2, 0) is 0 Å². The normalized spacial score (nSPS) is 11.2. The van der Waals surface area contributed by atoms with E-state index in [0.29, 0.717) is 24.1 Å². The molecule has 0 fully saturated rings. The van der Waals surface area contributed by atoms with E-state index in [1.165, 1.54) is 4.90 Å². The Morgan fingerprint density at radius 3 is 1.78 bits per heavy atom. The molecule has 0 aromatic heterocycles. The van der Waals surface area contributed by atoms with Crippen molar-refractivity contribution in [1.82, 2.24) is 4.90 Å². The number of hydrogen-bond acceptors (Lipinski definition) is 2. The van der Waals surface area contributed by atoms with Gasteiger partial charge in [0.05, 0.1) is 5.56 Å². The van der Waals surface area contributed by atoms with Crippen LogP contribution in [0.1, 0.15) is 34.1 Å². The largest absolute Gasteiger partial charge is 0.274 e. The zero-order chi connectivity index (χ0) is 22.1. The molecule has 3 heteroatoms. The van der Waals surface area contributed by atoms with Gasteiger partial charge in [-0.05, 0) is 50.9 Å². The van der Waals surface area contributed by atoms with Crippen molar-refractivity contribution in [2.24, 2.45) is 0 Å². The van der Waals surface area contributed by atoms with Gasteiger partial charge in [-0.15, -0.1) is 0 Å². The first-order chi connectivity index (χ1) is 15.7. The molecule has 0 N–H and O–H groups in total. The van der Waals surface area contributed by atoms with E-state index in [9.17, 15) is 9.59 Å². The summed E-state index contributed by atoms with van der Waals surface area (Å²) in [6.07, 6.45) is 0.685. The third-order valence-electron chi connectivity index (χ3n) is 5.94. The monoisotopic (exact) mass is 417 g/mol. The highest BCUT2D eigenvalue weighted by Gasteiger charge is 2.27. The predicted octanol–water partition coefficient (Wildman–Crippen LogP) is 6.84. The Balaban J connectivity index is 1.70. The van der Waals surface area contributed by atoms with Gasteiger partial charge in [0.1, 0.15) is 0 Å². The van der Waals surface area contributed by atoms with Crippen molar-refractivity contribution >= 4 is 44.1 Å². The van der Waals surface area contributed by atoms with Crippen LogP contribution in [0, 0.1) is 0 Å². The molecule has 0 atom stereocenters. The lowest BCUT2D eigenvalue weighted by Crippen LogP contribution is -2.38. The summed E-state index contributed by atoms with van der Waals surface area (Å²) < 4.78 is 0. The quantitative estimate of drug-likeness (QED) is 0.237. The molecule has 0 aliphatic heterocycles. The van der Waals surface area contributed by atoms with Gasteiger partial charge in [-0.25, -0.2) is 0 Å². The molecule has 0 saturated heterocycles. The highest BCUT2D eigenvalue weighted by atomic mass is 16.2. The number of amides is 2. The van der Waals surface area contributed by atoms with Gasteiger partial charge in [0.2, 0.25) is 0 Å². The van der Waals surface area contributed by atoms with Crippen LogP contribution in [0.25, 0.3) is 32.3 Å². The van der Waals surface area contributed by atoms with E-state index >= 15 is 0 Å². The predicted molar refractivity (Wildman–Crippen MR) is 131 cm³/mol. The van der Waals surface area contributed by atoms with Crippen LogP contribution in [0.15, 0.2) is 97.1 Å². The summed E-state index contributed by atoms with van der Waals surface area (Å²) in [4.78, 5) is 29.2. The van der Waals surface area contributed by atoms with Gasteiger partial charge in [0.25, 0.3) is 11.8 Å². The molecule has 2 amide bonds. The van der Waals surface area contributed by atoms with E-state index < -0.39 is 0 Å². The summed E-state index contributed by atoms with van der Waals surface area (Å²) in [5.74, 6) is -0.511. The first-order valence-corrected chi connectivity index (χ1v) is 10.9. The van der Waals surface area contributed by atoms with Crippen molar-refractivity contribution in [3.63, 3.8) is 0 Å². The molecular weight excluding hydrogens is 394 g/mol. The van der Waals surface area contributed by atoms with Gasteiger partial charge in [-0.1, -0.05) is 91.9 Å². The van der Waals surface area contributed by atoms with E-state index in [0.717, 1.165) is 32.3 Å². The minimum atomic E-state index is -0.259. The maximum absolute atomic E-state index is 14.0. The van der Waals surface area contributed by atoms with Gasteiger partial charge >= 0.3 is 0 Å². The van der Waals surface area contributed by atoms with Gasteiger partial charge < -0.3 is 0 Å². The molecule has 0 radical (unpaired) electrons. The van der Waals surface area contributed by atoms with Crippen LogP contribution in [0.5, 0.6) is 0 Å². The van der Waals surface area contributed by atoms with E-state index in [2.05, 4.69) is 6.07 Å². The molecule has 0 heterocycles. The second-order valence-corrected chi connectivity index (χ2v) is 7.98. The van der Waals surface area contributed by atoms with Gasteiger partial charge in [-0.3, -0.25) is 14.5 Å². The number of fused-ring (bicyclic) bond motifs is 3. The van der Waals surface area contributed by atoms with Crippen molar-refractivity contribution in [1.29, 1.82) is 0 Å². The molecule has 0 aliphatic carbocycles.